The average molecular weight is 195 g/mol. The summed E-state index contributed by atoms with van der Waals surface area (Å²) >= 11 is 0. The number of carbonyl (C=O) groups excluding carboxylic acids is 1. The van der Waals surface area contributed by atoms with Crippen LogP contribution in [-0.2, 0) is 4.79 Å². The van der Waals surface area contributed by atoms with Crippen molar-refractivity contribution in [3.63, 3.8) is 0 Å². The highest BCUT2D eigenvalue weighted by atomic mass is 19.1. The van der Waals surface area contributed by atoms with Crippen LogP contribution >= 0.6 is 0 Å². The van der Waals surface area contributed by atoms with Crippen LogP contribution < -0.4 is 5.32 Å². The Morgan fingerprint density at radius 2 is 2.21 bits per heavy atom. The standard InChI is InChI=1S/C11H14FNO/c1-3-4-11(14)13-9-6-5-8(2)10(12)7-9/h5-7H,3-4H2,1-2H3,(H,13,14). The molecule has 14 heavy (non-hydrogen) atoms. The van der Waals surface area contributed by atoms with E-state index in [1.54, 1.807) is 19.1 Å². The minimum Gasteiger partial charge on any atom is -0.326 e. The molecule has 1 aromatic carbocycles. The van der Waals surface area contributed by atoms with Gasteiger partial charge in [-0.25, -0.2) is 4.39 Å². The normalized spacial score (nSPS) is 9.93. The van der Waals surface area contributed by atoms with Crippen molar-refractivity contribution in [1.82, 2.24) is 0 Å². The van der Waals surface area contributed by atoms with Crippen LogP contribution in [0.25, 0.3) is 0 Å². The van der Waals surface area contributed by atoms with E-state index < -0.39 is 0 Å². The van der Waals surface area contributed by atoms with Crippen molar-refractivity contribution in [2.75, 3.05) is 5.32 Å². The zero-order chi connectivity index (χ0) is 10.6. The molecular weight excluding hydrogens is 181 g/mol. The number of benzene rings is 1. The van der Waals surface area contributed by atoms with Crippen molar-refractivity contribution in [2.24, 2.45) is 0 Å². The molecule has 0 fully saturated rings. The van der Waals surface area contributed by atoms with Crippen molar-refractivity contribution >= 4 is 11.6 Å². The minimum absolute atomic E-state index is 0.0734. The summed E-state index contributed by atoms with van der Waals surface area (Å²) in [6.45, 7) is 3.61. The van der Waals surface area contributed by atoms with Crippen LogP contribution in [0.1, 0.15) is 25.3 Å². The second-order valence-electron chi connectivity index (χ2n) is 3.26. The van der Waals surface area contributed by atoms with Gasteiger partial charge in [-0.05, 0) is 31.0 Å². The molecule has 0 aliphatic heterocycles. The summed E-state index contributed by atoms with van der Waals surface area (Å²) in [6.07, 6.45) is 1.26. The first kappa shape index (κ1) is 10.7. The lowest BCUT2D eigenvalue weighted by Gasteiger charge is -2.05. The Hall–Kier alpha value is -1.38. The highest BCUT2D eigenvalue weighted by Crippen LogP contribution is 2.13. The van der Waals surface area contributed by atoms with E-state index >= 15 is 0 Å². The Labute approximate surface area is 83.1 Å². The third-order valence-electron chi connectivity index (χ3n) is 1.93. The molecule has 0 aliphatic rings. The summed E-state index contributed by atoms with van der Waals surface area (Å²) < 4.78 is 13.1. The van der Waals surface area contributed by atoms with Crippen LogP contribution in [0.15, 0.2) is 18.2 Å². The molecule has 0 unspecified atom stereocenters. The molecule has 0 saturated carbocycles. The maximum absolute atomic E-state index is 13.1. The first-order valence-electron chi connectivity index (χ1n) is 4.69. The SMILES string of the molecule is CCCC(=O)Nc1ccc(C)c(F)c1. The maximum atomic E-state index is 13.1. The van der Waals surface area contributed by atoms with Crippen LogP contribution in [0.4, 0.5) is 10.1 Å². The molecule has 1 aromatic rings. The van der Waals surface area contributed by atoms with Gasteiger partial charge in [0, 0.05) is 12.1 Å². The van der Waals surface area contributed by atoms with Gasteiger partial charge in [0.15, 0.2) is 0 Å². The lowest BCUT2D eigenvalue weighted by atomic mass is 10.2. The number of amides is 1. The van der Waals surface area contributed by atoms with Gasteiger partial charge in [0.25, 0.3) is 0 Å². The van der Waals surface area contributed by atoms with E-state index in [-0.39, 0.29) is 11.7 Å². The Morgan fingerprint density at radius 3 is 2.79 bits per heavy atom. The number of aryl methyl sites for hydroxylation is 1. The van der Waals surface area contributed by atoms with Gasteiger partial charge < -0.3 is 5.32 Å². The Morgan fingerprint density at radius 1 is 1.50 bits per heavy atom. The van der Waals surface area contributed by atoms with E-state index in [9.17, 15) is 9.18 Å². The fraction of sp³-hybridized carbons (Fsp3) is 0.364. The molecule has 1 N–H and O–H groups in total. The average Bonchev–Trinajstić information content (AvgIpc) is 2.12. The minimum atomic E-state index is -0.292. The molecule has 0 heterocycles. The highest BCUT2D eigenvalue weighted by Gasteiger charge is 2.02. The zero-order valence-electron chi connectivity index (χ0n) is 8.43. The molecular formula is C11H14FNO. The summed E-state index contributed by atoms with van der Waals surface area (Å²) in [6, 6.07) is 4.69. The number of nitrogens with one attached hydrogen (secondary N) is 1. The largest absolute Gasteiger partial charge is 0.326 e. The smallest absolute Gasteiger partial charge is 0.224 e. The van der Waals surface area contributed by atoms with Gasteiger partial charge in [-0.1, -0.05) is 13.0 Å². The summed E-state index contributed by atoms with van der Waals surface area (Å²) in [7, 11) is 0. The summed E-state index contributed by atoms with van der Waals surface area (Å²) in [5, 5.41) is 2.63. The number of hydrogen-bond acceptors (Lipinski definition) is 1. The first-order valence-corrected chi connectivity index (χ1v) is 4.69. The topological polar surface area (TPSA) is 29.1 Å². The summed E-state index contributed by atoms with van der Waals surface area (Å²) in [5.74, 6) is -0.366. The monoisotopic (exact) mass is 195 g/mol. The van der Waals surface area contributed by atoms with Crippen LogP contribution in [-0.4, -0.2) is 5.91 Å². The van der Waals surface area contributed by atoms with Crippen molar-refractivity contribution in [3.05, 3.63) is 29.6 Å². The number of anilines is 1. The Kier molecular flexibility index (Phi) is 3.63. The van der Waals surface area contributed by atoms with Crippen molar-refractivity contribution in [3.8, 4) is 0 Å². The number of carbonyl (C=O) groups is 1. The molecule has 0 aromatic heterocycles. The molecule has 1 rings (SSSR count). The van der Waals surface area contributed by atoms with E-state index in [0.717, 1.165) is 6.42 Å². The molecule has 0 aliphatic carbocycles. The highest BCUT2D eigenvalue weighted by molar-refractivity contribution is 5.90. The fourth-order valence-electron chi connectivity index (χ4n) is 1.12. The van der Waals surface area contributed by atoms with Gasteiger partial charge in [-0.2, -0.15) is 0 Å². The fourth-order valence-corrected chi connectivity index (χ4v) is 1.12. The molecule has 0 radical (unpaired) electrons. The Balaban J connectivity index is 2.68. The predicted molar refractivity (Wildman–Crippen MR) is 54.7 cm³/mol. The van der Waals surface area contributed by atoms with E-state index in [4.69, 9.17) is 0 Å². The predicted octanol–water partition coefficient (Wildman–Crippen LogP) is 2.87. The molecule has 76 valence electrons. The van der Waals surface area contributed by atoms with Crippen LogP contribution in [0, 0.1) is 12.7 Å². The first-order chi connectivity index (χ1) is 6.63. The third kappa shape index (κ3) is 2.83. The van der Waals surface area contributed by atoms with Crippen LogP contribution in [0.5, 0.6) is 0 Å². The second-order valence-corrected chi connectivity index (χ2v) is 3.26. The van der Waals surface area contributed by atoms with Gasteiger partial charge in [0.2, 0.25) is 5.91 Å². The lowest BCUT2D eigenvalue weighted by Crippen LogP contribution is -2.10. The zero-order valence-corrected chi connectivity index (χ0v) is 8.43. The summed E-state index contributed by atoms with van der Waals surface area (Å²) in [4.78, 5) is 11.2. The van der Waals surface area contributed by atoms with E-state index in [1.165, 1.54) is 6.07 Å². The van der Waals surface area contributed by atoms with E-state index in [2.05, 4.69) is 5.32 Å². The van der Waals surface area contributed by atoms with Gasteiger partial charge in [-0.3, -0.25) is 4.79 Å². The van der Waals surface area contributed by atoms with Crippen molar-refractivity contribution < 1.29 is 9.18 Å². The maximum Gasteiger partial charge on any atom is 0.224 e. The molecule has 3 heteroatoms. The molecule has 0 saturated heterocycles. The van der Waals surface area contributed by atoms with Gasteiger partial charge in [0.05, 0.1) is 0 Å². The van der Waals surface area contributed by atoms with Crippen molar-refractivity contribution in [2.45, 2.75) is 26.7 Å². The molecule has 2 nitrogen and oxygen atoms in total. The number of halogens is 1. The quantitative estimate of drug-likeness (QED) is 0.789. The second kappa shape index (κ2) is 4.74. The van der Waals surface area contributed by atoms with Crippen molar-refractivity contribution in [1.29, 1.82) is 0 Å². The molecule has 0 bridgehead atoms. The van der Waals surface area contributed by atoms with Gasteiger partial charge in [0.1, 0.15) is 5.82 Å². The molecule has 1 amide bonds. The van der Waals surface area contributed by atoms with Crippen LogP contribution in [0.3, 0.4) is 0 Å². The lowest BCUT2D eigenvalue weighted by molar-refractivity contribution is -0.116. The molecule has 0 atom stereocenters. The van der Waals surface area contributed by atoms with E-state index in [0.29, 0.717) is 17.7 Å². The molecule has 0 spiro atoms. The van der Waals surface area contributed by atoms with Gasteiger partial charge in [-0.15, -0.1) is 0 Å². The number of hydrogen-bond donors (Lipinski definition) is 1. The van der Waals surface area contributed by atoms with E-state index in [1.807, 2.05) is 6.92 Å². The summed E-state index contributed by atoms with van der Waals surface area (Å²) in [5.41, 5.74) is 1.10. The van der Waals surface area contributed by atoms with Crippen LogP contribution in [0.2, 0.25) is 0 Å². The van der Waals surface area contributed by atoms with Gasteiger partial charge >= 0.3 is 0 Å². The Bertz CT molecular complexity index is 336. The number of rotatable bonds is 3. The third-order valence-corrected chi connectivity index (χ3v) is 1.93.